The predicted octanol–water partition coefficient (Wildman–Crippen LogP) is 3.59. The number of hydrogen-bond donors (Lipinski definition) is 1. The molecule has 0 radical (unpaired) electrons. The highest BCUT2D eigenvalue weighted by molar-refractivity contribution is 7.10. The first-order valence-electron chi connectivity index (χ1n) is 5.41. The number of thiophene rings is 1. The maximum absolute atomic E-state index is 3.70. The number of rotatable bonds is 4. The van der Waals surface area contributed by atoms with E-state index < -0.39 is 0 Å². The largest absolute Gasteiger partial charge is 0.306 e. The van der Waals surface area contributed by atoms with Crippen molar-refractivity contribution in [2.24, 2.45) is 5.41 Å². The van der Waals surface area contributed by atoms with Crippen molar-refractivity contribution in [1.29, 1.82) is 0 Å². The third-order valence-electron chi connectivity index (χ3n) is 3.55. The van der Waals surface area contributed by atoms with Crippen LogP contribution < -0.4 is 5.32 Å². The highest BCUT2D eigenvalue weighted by Crippen LogP contribution is 2.48. The molecule has 2 heteroatoms. The summed E-state index contributed by atoms with van der Waals surface area (Å²) in [6, 6.07) is 5.48. The molecule has 1 N–H and O–H groups in total. The Bertz CT molecular complexity index is 287. The molecule has 0 aromatic carbocycles. The maximum atomic E-state index is 3.70. The van der Waals surface area contributed by atoms with E-state index in [0.717, 1.165) is 0 Å². The van der Waals surface area contributed by atoms with E-state index in [-0.39, 0.29) is 0 Å². The normalized spacial score (nSPS) is 23.1. The van der Waals surface area contributed by atoms with Crippen molar-refractivity contribution in [3.63, 3.8) is 0 Å². The lowest BCUT2D eigenvalue weighted by Gasteiger charge is -2.24. The summed E-state index contributed by atoms with van der Waals surface area (Å²) in [5.41, 5.74) is 0.575. The van der Waals surface area contributed by atoms with Crippen LogP contribution in [0.3, 0.4) is 0 Å². The van der Waals surface area contributed by atoms with Crippen molar-refractivity contribution < 1.29 is 0 Å². The van der Waals surface area contributed by atoms with E-state index in [2.05, 4.69) is 43.6 Å². The molecule has 1 aliphatic carbocycles. The molecule has 0 amide bonds. The Hall–Kier alpha value is -0.340. The van der Waals surface area contributed by atoms with Crippen LogP contribution in [0.4, 0.5) is 0 Å². The zero-order valence-corrected chi connectivity index (χ0v) is 10.0. The molecule has 1 nitrogen and oxygen atoms in total. The summed E-state index contributed by atoms with van der Waals surface area (Å²) < 4.78 is 0. The van der Waals surface area contributed by atoms with Crippen LogP contribution in [-0.4, -0.2) is 6.04 Å². The Kier molecular flexibility index (Phi) is 2.67. The van der Waals surface area contributed by atoms with Gasteiger partial charge in [0.1, 0.15) is 0 Å². The second kappa shape index (κ2) is 3.67. The van der Waals surface area contributed by atoms with Gasteiger partial charge in [-0.15, -0.1) is 11.3 Å². The molecule has 1 heterocycles. The first-order chi connectivity index (χ1) is 6.62. The minimum atomic E-state index is 0.502. The molecule has 0 aliphatic heterocycles. The molecule has 78 valence electrons. The van der Waals surface area contributed by atoms with Gasteiger partial charge < -0.3 is 5.32 Å². The fourth-order valence-corrected chi connectivity index (χ4v) is 2.57. The van der Waals surface area contributed by atoms with Gasteiger partial charge in [-0.05, 0) is 43.6 Å². The van der Waals surface area contributed by atoms with Crippen molar-refractivity contribution in [2.75, 3.05) is 0 Å². The van der Waals surface area contributed by atoms with Crippen LogP contribution in [0, 0.1) is 5.41 Å². The van der Waals surface area contributed by atoms with E-state index in [4.69, 9.17) is 0 Å². The zero-order chi connectivity index (χ0) is 10.2. The van der Waals surface area contributed by atoms with Crippen molar-refractivity contribution in [3.8, 4) is 0 Å². The van der Waals surface area contributed by atoms with E-state index in [1.165, 1.54) is 17.7 Å². The van der Waals surface area contributed by atoms with Gasteiger partial charge in [-0.25, -0.2) is 0 Å². The molecule has 0 saturated heterocycles. The van der Waals surface area contributed by atoms with E-state index >= 15 is 0 Å². The Morgan fingerprint density at radius 1 is 1.43 bits per heavy atom. The van der Waals surface area contributed by atoms with Crippen LogP contribution >= 0.6 is 11.3 Å². The lowest BCUT2D eigenvalue weighted by molar-refractivity contribution is 0.352. The zero-order valence-electron chi connectivity index (χ0n) is 9.21. The fourth-order valence-electron chi connectivity index (χ4n) is 1.83. The van der Waals surface area contributed by atoms with Crippen LogP contribution in [0.2, 0.25) is 0 Å². The monoisotopic (exact) mass is 209 g/mol. The minimum absolute atomic E-state index is 0.502. The molecule has 0 bridgehead atoms. The minimum Gasteiger partial charge on any atom is -0.306 e. The van der Waals surface area contributed by atoms with Gasteiger partial charge in [0.2, 0.25) is 0 Å². The smallest absolute Gasteiger partial charge is 0.0388 e. The van der Waals surface area contributed by atoms with Gasteiger partial charge in [-0.1, -0.05) is 13.0 Å². The molecule has 1 saturated carbocycles. The standard InChI is InChI=1S/C12H19NS/c1-9(11-5-4-8-14-11)13-10(2)12(3)6-7-12/h4-5,8-10,13H,6-7H2,1-3H3/t9-,10?/m0/s1. The highest BCUT2D eigenvalue weighted by atomic mass is 32.1. The molecular formula is C12H19NS. The molecule has 1 aromatic heterocycles. The molecule has 2 atom stereocenters. The molecule has 1 fully saturated rings. The molecular weight excluding hydrogens is 190 g/mol. The van der Waals surface area contributed by atoms with E-state index in [1.54, 1.807) is 0 Å². The Balaban J connectivity index is 1.91. The topological polar surface area (TPSA) is 12.0 Å². The summed E-state index contributed by atoms with van der Waals surface area (Å²) >= 11 is 1.84. The molecule has 14 heavy (non-hydrogen) atoms. The van der Waals surface area contributed by atoms with E-state index in [0.29, 0.717) is 17.5 Å². The molecule has 0 spiro atoms. The average Bonchev–Trinajstić information content (AvgIpc) is 2.71. The van der Waals surface area contributed by atoms with Crippen LogP contribution in [0.15, 0.2) is 17.5 Å². The van der Waals surface area contributed by atoms with Crippen LogP contribution in [0.1, 0.15) is 44.5 Å². The SMILES string of the molecule is CC(N[C@@H](C)c1cccs1)C1(C)CC1. The molecule has 1 aromatic rings. The van der Waals surface area contributed by atoms with Gasteiger partial charge in [0.15, 0.2) is 0 Å². The van der Waals surface area contributed by atoms with Crippen molar-refractivity contribution in [2.45, 2.75) is 45.7 Å². The maximum Gasteiger partial charge on any atom is 0.0388 e. The summed E-state index contributed by atoms with van der Waals surface area (Å²) in [4.78, 5) is 1.45. The van der Waals surface area contributed by atoms with Crippen molar-refractivity contribution in [3.05, 3.63) is 22.4 Å². The van der Waals surface area contributed by atoms with Gasteiger partial charge in [0, 0.05) is 17.0 Å². The van der Waals surface area contributed by atoms with E-state index in [9.17, 15) is 0 Å². The van der Waals surface area contributed by atoms with Gasteiger partial charge in [0.05, 0.1) is 0 Å². The van der Waals surface area contributed by atoms with Crippen molar-refractivity contribution >= 4 is 11.3 Å². The summed E-state index contributed by atoms with van der Waals surface area (Å²) in [5.74, 6) is 0. The second-order valence-corrected chi connectivity index (χ2v) is 5.76. The molecule has 2 rings (SSSR count). The first kappa shape index (κ1) is 10.2. The van der Waals surface area contributed by atoms with Crippen LogP contribution in [0.5, 0.6) is 0 Å². The van der Waals surface area contributed by atoms with E-state index in [1.807, 2.05) is 11.3 Å². The number of hydrogen-bond acceptors (Lipinski definition) is 2. The summed E-state index contributed by atoms with van der Waals surface area (Å²) in [7, 11) is 0. The quantitative estimate of drug-likeness (QED) is 0.799. The summed E-state index contributed by atoms with van der Waals surface area (Å²) in [6.45, 7) is 6.96. The summed E-state index contributed by atoms with van der Waals surface area (Å²) in [5, 5.41) is 5.84. The lowest BCUT2D eigenvalue weighted by Crippen LogP contribution is -2.34. The lowest BCUT2D eigenvalue weighted by atomic mass is 10.00. The van der Waals surface area contributed by atoms with Gasteiger partial charge in [0.25, 0.3) is 0 Å². The van der Waals surface area contributed by atoms with Gasteiger partial charge in [-0.3, -0.25) is 0 Å². The first-order valence-corrected chi connectivity index (χ1v) is 6.29. The molecule has 1 unspecified atom stereocenters. The fraction of sp³-hybridized carbons (Fsp3) is 0.667. The van der Waals surface area contributed by atoms with Gasteiger partial charge >= 0.3 is 0 Å². The third kappa shape index (κ3) is 2.01. The Morgan fingerprint density at radius 3 is 2.64 bits per heavy atom. The van der Waals surface area contributed by atoms with Crippen LogP contribution in [0.25, 0.3) is 0 Å². The third-order valence-corrected chi connectivity index (χ3v) is 4.61. The summed E-state index contributed by atoms with van der Waals surface area (Å²) in [6.07, 6.45) is 2.77. The highest BCUT2D eigenvalue weighted by Gasteiger charge is 2.42. The second-order valence-electron chi connectivity index (χ2n) is 4.78. The predicted molar refractivity (Wildman–Crippen MR) is 62.7 cm³/mol. The van der Waals surface area contributed by atoms with Gasteiger partial charge in [-0.2, -0.15) is 0 Å². The number of nitrogens with one attached hydrogen (secondary N) is 1. The Labute approximate surface area is 90.5 Å². The Morgan fingerprint density at radius 2 is 2.14 bits per heavy atom. The average molecular weight is 209 g/mol. The van der Waals surface area contributed by atoms with Crippen LogP contribution in [-0.2, 0) is 0 Å². The molecule has 1 aliphatic rings. The van der Waals surface area contributed by atoms with Crippen molar-refractivity contribution in [1.82, 2.24) is 5.32 Å².